The van der Waals surface area contributed by atoms with Crippen LogP contribution in [-0.2, 0) is 0 Å². The van der Waals surface area contributed by atoms with Gasteiger partial charge in [0.25, 0.3) is 5.69 Å². The van der Waals surface area contributed by atoms with Crippen molar-refractivity contribution in [2.24, 2.45) is 0 Å². The molecule has 0 atom stereocenters. The van der Waals surface area contributed by atoms with Gasteiger partial charge < -0.3 is 5.32 Å². The SMILES string of the molecule is O=C(NNc1ccc([N+](=O)[O-])cn1)Nc1ccc(F)cc1. The average molecular weight is 291 g/mol. The monoisotopic (exact) mass is 291 g/mol. The van der Waals surface area contributed by atoms with Gasteiger partial charge in [0.05, 0.1) is 4.92 Å². The number of hydrazine groups is 1. The number of nitrogens with one attached hydrogen (secondary N) is 3. The number of amides is 2. The van der Waals surface area contributed by atoms with Gasteiger partial charge in [0, 0.05) is 11.8 Å². The molecule has 0 saturated heterocycles. The topological polar surface area (TPSA) is 109 Å². The van der Waals surface area contributed by atoms with Crippen molar-refractivity contribution < 1.29 is 14.1 Å². The van der Waals surface area contributed by atoms with Gasteiger partial charge in [-0.15, -0.1) is 0 Å². The maximum absolute atomic E-state index is 12.7. The Hall–Kier alpha value is -3.23. The quantitative estimate of drug-likeness (QED) is 0.591. The van der Waals surface area contributed by atoms with Gasteiger partial charge >= 0.3 is 6.03 Å². The fourth-order valence-electron chi connectivity index (χ4n) is 1.38. The van der Waals surface area contributed by atoms with Crippen molar-refractivity contribution in [3.8, 4) is 0 Å². The van der Waals surface area contributed by atoms with Crippen LogP contribution in [0.25, 0.3) is 0 Å². The van der Waals surface area contributed by atoms with Crippen LogP contribution in [-0.4, -0.2) is 15.9 Å². The molecule has 2 rings (SSSR count). The van der Waals surface area contributed by atoms with E-state index < -0.39 is 16.8 Å². The van der Waals surface area contributed by atoms with Crippen LogP contribution in [0.4, 0.5) is 26.4 Å². The Labute approximate surface area is 118 Å². The highest BCUT2D eigenvalue weighted by Crippen LogP contribution is 2.11. The van der Waals surface area contributed by atoms with Crippen LogP contribution in [0.1, 0.15) is 0 Å². The lowest BCUT2D eigenvalue weighted by Gasteiger charge is -2.09. The molecule has 9 heteroatoms. The summed E-state index contributed by atoms with van der Waals surface area (Å²) in [6.45, 7) is 0. The Morgan fingerprint density at radius 1 is 1.19 bits per heavy atom. The zero-order chi connectivity index (χ0) is 15.2. The number of benzene rings is 1. The molecule has 2 aromatic rings. The van der Waals surface area contributed by atoms with Gasteiger partial charge in [-0.05, 0) is 30.3 Å². The molecular weight excluding hydrogens is 281 g/mol. The average Bonchev–Trinajstić information content (AvgIpc) is 2.48. The van der Waals surface area contributed by atoms with Crippen molar-refractivity contribution in [3.05, 3.63) is 58.5 Å². The van der Waals surface area contributed by atoms with Crippen LogP contribution in [0.15, 0.2) is 42.6 Å². The first kappa shape index (κ1) is 14.2. The molecule has 1 heterocycles. The van der Waals surface area contributed by atoms with E-state index >= 15 is 0 Å². The second-order valence-electron chi connectivity index (χ2n) is 3.87. The molecule has 0 unspecified atom stereocenters. The number of nitrogens with zero attached hydrogens (tertiary/aromatic N) is 2. The first-order valence-electron chi connectivity index (χ1n) is 5.73. The zero-order valence-corrected chi connectivity index (χ0v) is 10.5. The van der Waals surface area contributed by atoms with E-state index in [2.05, 4.69) is 21.2 Å². The maximum atomic E-state index is 12.7. The Balaban J connectivity index is 1.86. The number of rotatable bonds is 4. The van der Waals surface area contributed by atoms with Crippen molar-refractivity contribution in [3.63, 3.8) is 0 Å². The number of halogens is 1. The number of urea groups is 1. The molecular formula is C12H10FN5O3. The number of carbonyl (C=O) groups is 1. The summed E-state index contributed by atoms with van der Waals surface area (Å²) in [7, 11) is 0. The van der Waals surface area contributed by atoms with Crippen molar-refractivity contribution in [2.75, 3.05) is 10.7 Å². The molecule has 1 aromatic heterocycles. The second kappa shape index (κ2) is 6.28. The van der Waals surface area contributed by atoms with E-state index in [9.17, 15) is 19.3 Å². The molecule has 108 valence electrons. The van der Waals surface area contributed by atoms with E-state index in [0.717, 1.165) is 6.20 Å². The minimum absolute atomic E-state index is 0.156. The fourth-order valence-corrected chi connectivity index (χ4v) is 1.38. The number of anilines is 2. The molecule has 0 bridgehead atoms. The highest BCUT2D eigenvalue weighted by atomic mass is 19.1. The number of hydrogen-bond donors (Lipinski definition) is 3. The molecule has 21 heavy (non-hydrogen) atoms. The second-order valence-corrected chi connectivity index (χ2v) is 3.87. The van der Waals surface area contributed by atoms with E-state index in [1.165, 1.54) is 36.4 Å². The third-order valence-electron chi connectivity index (χ3n) is 2.36. The number of nitro groups is 1. The third kappa shape index (κ3) is 4.13. The molecule has 0 radical (unpaired) electrons. The van der Waals surface area contributed by atoms with Crippen LogP contribution in [0.5, 0.6) is 0 Å². The molecule has 3 N–H and O–H groups in total. The van der Waals surface area contributed by atoms with E-state index in [1.807, 2.05) is 0 Å². The molecule has 0 fully saturated rings. The minimum Gasteiger partial charge on any atom is -0.307 e. The molecule has 0 aliphatic rings. The van der Waals surface area contributed by atoms with Crippen molar-refractivity contribution in [1.82, 2.24) is 10.4 Å². The molecule has 2 amide bonds. The summed E-state index contributed by atoms with van der Waals surface area (Å²) in [6, 6.07) is 7.22. The van der Waals surface area contributed by atoms with E-state index in [-0.39, 0.29) is 11.5 Å². The summed E-state index contributed by atoms with van der Waals surface area (Å²) in [6.07, 6.45) is 1.06. The van der Waals surface area contributed by atoms with Crippen LogP contribution >= 0.6 is 0 Å². The number of hydrogen-bond acceptors (Lipinski definition) is 5. The lowest BCUT2D eigenvalue weighted by molar-refractivity contribution is -0.385. The normalized spacial score (nSPS) is 9.76. The molecule has 0 saturated carbocycles. The summed E-state index contributed by atoms with van der Waals surface area (Å²) in [5.74, 6) is -0.177. The number of aromatic nitrogens is 1. The molecule has 8 nitrogen and oxygen atoms in total. The molecule has 0 spiro atoms. The lowest BCUT2D eigenvalue weighted by atomic mass is 10.3. The number of pyridine rings is 1. The van der Waals surface area contributed by atoms with E-state index in [1.54, 1.807) is 0 Å². The van der Waals surface area contributed by atoms with Gasteiger partial charge in [-0.25, -0.2) is 14.2 Å². The van der Waals surface area contributed by atoms with Gasteiger partial charge in [-0.2, -0.15) is 0 Å². The zero-order valence-electron chi connectivity index (χ0n) is 10.5. The largest absolute Gasteiger partial charge is 0.337 e. The maximum Gasteiger partial charge on any atom is 0.337 e. The highest BCUT2D eigenvalue weighted by Gasteiger charge is 2.06. The Bertz CT molecular complexity index is 645. The first-order chi connectivity index (χ1) is 10.0. The number of carbonyl (C=O) groups excluding carboxylic acids is 1. The fraction of sp³-hybridized carbons (Fsp3) is 0. The minimum atomic E-state index is -0.596. The summed E-state index contributed by atoms with van der Waals surface area (Å²) in [5.41, 5.74) is 5.01. The summed E-state index contributed by atoms with van der Waals surface area (Å²) >= 11 is 0. The van der Waals surface area contributed by atoms with Gasteiger partial charge in [0.15, 0.2) is 0 Å². The summed E-state index contributed by atoms with van der Waals surface area (Å²) in [4.78, 5) is 25.1. The summed E-state index contributed by atoms with van der Waals surface area (Å²) in [5, 5.41) is 12.9. The molecule has 0 aliphatic heterocycles. The van der Waals surface area contributed by atoms with Crippen molar-refractivity contribution in [2.45, 2.75) is 0 Å². The highest BCUT2D eigenvalue weighted by molar-refractivity contribution is 5.89. The van der Waals surface area contributed by atoms with Crippen molar-refractivity contribution in [1.29, 1.82) is 0 Å². The van der Waals surface area contributed by atoms with Gasteiger partial charge in [-0.1, -0.05) is 0 Å². The smallest absolute Gasteiger partial charge is 0.307 e. The van der Waals surface area contributed by atoms with Gasteiger partial charge in [0.1, 0.15) is 17.8 Å². The van der Waals surface area contributed by atoms with Gasteiger partial charge in [0.2, 0.25) is 0 Å². The third-order valence-corrected chi connectivity index (χ3v) is 2.36. The standard InChI is InChI=1S/C12H10FN5O3/c13-8-1-3-9(4-2-8)15-12(19)17-16-11-6-5-10(7-14-11)18(20)21/h1-7H,(H,14,16)(H2,15,17,19). The Morgan fingerprint density at radius 3 is 2.48 bits per heavy atom. The molecule has 1 aromatic carbocycles. The van der Waals surface area contributed by atoms with Crippen LogP contribution in [0.3, 0.4) is 0 Å². The Kier molecular flexibility index (Phi) is 4.24. The summed E-state index contributed by atoms with van der Waals surface area (Å²) < 4.78 is 12.7. The predicted molar refractivity (Wildman–Crippen MR) is 73.1 cm³/mol. The lowest BCUT2D eigenvalue weighted by Crippen LogP contribution is -2.33. The van der Waals surface area contributed by atoms with Crippen molar-refractivity contribution >= 4 is 23.2 Å². The van der Waals surface area contributed by atoms with E-state index in [0.29, 0.717) is 5.69 Å². The van der Waals surface area contributed by atoms with Crippen LogP contribution < -0.4 is 16.2 Å². The first-order valence-corrected chi connectivity index (χ1v) is 5.73. The Morgan fingerprint density at radius 2 is 1.90 bits per heavy atom. The van der Waals surface area contributed by atoms with Crippen LogP contribution in [0.2, 0.25) is 0 Å². The van der Waals surface area contributed by atoms with Crippen LogP contribution in [0, 0.1) is 15.9 Å². The van der Waals surface area contributed by atoms with E-state index in [4.69, 9.17) is 0 Å². The van der Waals surface area contributed by atoms with Gasteiger partial charge in [-0.3, -0.25) is 21.0 Å². The molecule has 0 aliphatic carbocycles. The predicted octanol–water partition coefficient (Wildman–Crippen LogP) is 2.28.